The normalized spacial score (nSPS) is 17.6. The molecule has 25 heavy (non-hydrogen) atoms. The van der Waals surface area contributed by atoms with Gasteiger partial charge in [0.05, 0.1) is 10.6 Å². The molecule has 0 saturated carbocycles. The third-order valence-electron chi connectivity index (χ3n) is 3.94. The number of aliphatic imine (C=N–C) groups is 1. The molecule has 0 unspecified atom stereocenters. The number of rotatable bonds is 2. The number of benzene rings is 2. The van der Waals surface area contributed by atoms with Gasteiger partial charge in [-0.25, -0.2) is 4.99 Å². The van der Waals surface area contributed by atoms with Crippen LogP contribution in [0.3, 0.4) is 0 Å². The SMILES string of the molecule is Cn1cc(/C=C2/SC(=Nc3ccccc3Br)NC2=O)c2ccccc21. The third-order valence-corrected chi connectivity index (χ3v) is 5.52. The Morgan fingerprint density at radius 3 is 2.76 bits per heavy atom. The van der Waals surface area contributed by atoms with E-state index in [0.29, 0.717) is 10.1 Å². The Morgan fingerprint density at radius 1 is 1.16 bits per heavy atom. The topological polar surface area (TPSA) is 46.4 Å². The summed E-state index contributed by atoms with van der Waals surface area (Å²) in [6, 6.07) is 15.8. The summed E-state index contributed by atoms with van der Waals surface area (Å²) in [5.74, 6) is -0.122. The molecule has 6 heteroatoms. The Bertz CT molecular complexity index is 1050. The van der Waals surface area contributed by atoms with Gasteiger partial charge in [0.25, 0.3) is 5.91 Å². The molecule has 1 fully saturated rings. The lowest BCUT2D eigenvalue weighted by Crippen LogP contribution is -2.19. The van der Waals surface area contributed by atoms with Crippen LogP contribution in [0.5, 0.6) is 0 Å². The van der Waals surface area contributed by atoms with E-state index in [9.17, 15) is 4.79 Å². The number of thioether (sulfide) groups is 1. The fourth-order valence-electron chi connectivity index (χ4n) is 2.76. The highest BCUT2D eigenvalue weighted by atomic mass is 79.9. The van der Waals surface area contributed by atoms with Crippen LogP contribution in [0.15, 0.2) is 69.1 Å². The van der Waals surface area contributed by atoms with Gasteiger partial charge in [0.1, 0.15) is 0 Å². The number of hydrogen-bond donors (Lipinski definition) is 1. The quantitative estimate of drug-likeness (QED) is 0.613. The molecule has 3 aromatic rings. The fourth-order valence-corrected chi connectivity index (χ4v) is 3.96. The van der Waals surface area contributed by atoms with E-state index in [2.05, 4.69) is 42.9 Å². The van der Waals surface area contributed by atoms with Crippen molar-refractivity contribution in [1.82, 2.24) is 9.88 Å². The molecule has 0 aliphatic carbocycles. The van der Waals surface area contributed by atoms with Crippen LogP contribution >= 0.6 is 27.7 Å². The first-order valence-corrected chi connectivity index (χ1v) is 9.31. The number of aromatic nitrogens is 1. The van der Waals surface area contributed by atoms with Crippen LogP contribution in [-0.4, -0.2) is 15.6 Å². The summed E-state index contributed by atoms with van der Waals surface area (Å²) >= 11 is 4.83. The molecule has 2 heterocycles. The summed E-state index contributed by atoms with van der Waals surface area (Å²) in [6.45, 7) is 0. The molecule has 1 amide bonds. The van der Waals surface area contributed by atoms with Crippen molar-refractivity contribution in [2.45, 2.75) is 0 Å². The van der Waals surface area contributed by atoms with Crippen molar-refractivity contribution in [2.24, 2.45) is 12.0 Å². The van der Waals surface area contributed by atoms with E-state index >= 15 is 0 Å². The second-order valence-electron chi connectivity index (χ2n) is 5.65. The van der Waals surface area contributed by atoms with Crippen molar-refractivity contribution < 1.29 is 4.79 Å². The minimum Gasteiger partial charge on any atom is -0.350 e. The number of nitrogens with zero attached hydrogens (tertiary/aromatic N) is 2. The Balaban J connectivity index is 1.69. The molecule has 1 aliphatic heterocycles. The predicted octanol–water partition coefficient (Wildman–Crippen LogP) is 4.83. The van der Waals surface area contributed by atoms with Gasteiger partial charge in [-0.3, -0.25) is 4.79 Å². The minimum absolute atomic E-state index is 0.122. The highest BCUT2D eigenvalue weighted by Crippen LogP contribution is 2.32. The molecular formula is C19H14BrN3OS. The second kappa shape index (κ2) is 6.54. The minimum atomic E-state index is -0.122. The summed E-state index contributed by atoms with van der Waals surface area (Å²) in [5.41, 5.74) is 2.95. The zero-order valence-corrected chi connectivity index (χ0v) is 15.8. The molecule has 2 aromatic carbocycles. The molecule has 1 saturated heterocycles. The van der Waals surface area contributed by atoms with Gasteiger partial charge in [0.15, 0.2) is 5.17 Å². The van der Waals surface area contributed by atoms with Crippen molar-refractivity contribution in [3.05, 3.63) is 69.7 Å². The maximum atomic E-state index is 12.3. The predicted molar refractivity (Wildman–Crippen MR) is 108 cm³/mol. The summed E-state index contributed by atoms with van der Waals surface area (Å²) in [7, 11) is 2.01. The molecule has 4 nitrogen and oxygen atoms in total. The standard InChI is InChI=1S/C19H14BrN3OS/c1-23-11-12(13-6-2-5-9-16(13)23)10-17-18(24)22-19(25-17)21-15-8-4-3-7-14(15)20/h2-11H,1H3,(H,21,22,24)/b17-10+. The van der Waals surface area contributed by atoms with Crippen LogP contribution in [0.2, 0.25) is 0 Å². The number of amidine groups is 1. The van der Waals surface area contributed by atoms with Gasteiger partial charge in [0, 0.05) is 34.2 Å². The Hall–Kier alpha value is -2.31. The number of para-hydroxylation sites is 2. The lowest BCUT2D eigenvalue weighted by molar-refractivity contribution is -0.115. The number of carbonyl (C=O) groups is 1. The molecule has 0 atom stereocenters. The van der Waals surface area contributed by atoms with Crippen molar-refractivity contribution in [3.8, 4) is 0 Å². The van der Waals surface area contributed by atoms with Crippen molar-refractivity contribution in [2.75, 3.05) is 0 Å². The Morgan fingerprint density at radius 2 is 1.92 bits per heavy atom. The summed E-state index contributed by atoms with van der Waals surface area (Å²) in [4.78, 5) is 17.5. The van der Waals surface area contributed by atoms with E-state index in [4.69, 9.17) is 0 Å². The molecule has 0 radical (unpaired) electrons. The molecule has 1 aliphatic rings. The largest absolute Gasteiger partial charge is 0.350 e. The van der Waals surface area contributed by atoms with Crippen molar-refractivity contribution in [3.63, 3.8) is 0 Å². The first-order valence-electron chi connectivity index (χ1n) is 7.70. The maximum Gasteiger partial charge on any atom is 0.264 e. The fraction of sp³-hybridized carbons (Fsp3) is 0.0526. The van der Waals surface area contributed by atoms with Crippen LogP contribution in [0.25, 0.3) is 17.0 Å². The average Bonchev–Trinajstić information content (AvgIpc) is 3.11. The van der Waals surface area contributed by atoms with Crippen LogP contribution in [0.1, 0.15) is 5.56 Å². The molecule has 0 spiro atoms. The monoisotopic (exact) mass is 411 g/mol. The number of amides is 1. The number of nitrogens with one attached hydrogen (secondary N) is 1. The summed E-state index contributed by atoms with van der Waals surface area (Å²) < 4.78 is 2.96. The van der Waals surface area contributed by atoms with Gasteiger partial charge < -0.3 is 9.88 Å². The van der Waals surface area contributed by atoms with E-state index in [1.54, 1.807) is 0 Å². The highest BCUT2D eigenvalue weighted by Gasteiger charge is 2.24. The van der Waals surface area contributed by atoms with Gasteiger partial charge in [-0.2, -0.15) is 0 Å². The van der Waals surface area contributed by atoms with Crippen molar-refractivity contribution in [1.29, 1.82) is 0 Å². The first-order chi connectivity index (χ1) is 12.1. The summed E-state index contributed by atoms with van der Waals surface area (Å²) in [6.07, 6.45) is 3.96. The van der Waals surface area contributed by atoms with Crippen LogP contribution < -0.4 is 5.32 Å². The molecule has 1 aromatic heterocycles. The van der Waals surface area contributed by atoms with E-state index in [1.807, 2.05) is 55.7 Å². The van der Waals surface area contributed by atoms with Gasteiger partial charge >= 0.3 is 0 Å². The average molecular weight is 412 g/mol. The third kappa shape index (κ3) is 3.15. The Labute approximate surface area is 157 Å². The van der Waals surface area contributed by atoms with Crippen molar-refractivity contribution >= 4 is 61.4 Å². The Kier molecular flexibility index (Phi) is 4.23. The maximum absolute atomic E-state index is 12.3. The number of halogens is 1. The number of fused-ring (bicyclic) bond motifs is 1. The lowest BCUT2D eigenvalue weighted by Gasteiger charge is -1.98. The van der Waals surface area contributed by atoms with Crippen LogP contribution in [-0.2, 0) is 11.8 Å². The smallest absolute Gasteiger partial charge is 0.264 e. The van der Waals surface area contributed by atoms with Gasteiger partial charge in [-0.05, 0) is 52.0 Å². The molecular weight excluding hydrogens is 398 g/mol. The molecule has 0 bridgehead atoms. The van der Waals surface area contributed by atoms with E-state index in [0.717, 1.165) is 26.6 Å². The summed E-state index contributed by atoms with van der Waals surface area (Å²) in [5, 5.41) is 4.55. The first kappa shape index (κ1) is 16.2. The molecule has 4 rings (SSSR count). The van der Waals surface area contributed by atoms with E-state index < -0.39 is 0 Å². The number of carbonyl (C=O) groups excluding carboxylic acids is 1. The second-order valence-corrected chi connectivity index (χ2v) is 7.53. The zero-order valence-electron chi connectivity index (χ0n) is 13.4. The molecule has 1 N–H and O–H groups in total. The molecule has 124 valence electrons. The van der Waals surface area contributed by atoms with Crippen LogP contribution in [0.4, 0.5) is 5.69 Å². The lowest BCUT2D eigenvalue weighted by atomic mass is 10.1. The van der Waals surface area contributed by atoms with Crippen LogP contribution in [0, 0.1) is 0 Å². The number of hydrogen-bond acceptors (Lipinski definition) is 3. The van der Waals surface area contributed by atoms with E-state index in [-0.39, 0.29) is 5.91 Å². The van der Waals surface area contributed by atoms with Gasteiger partial charge in [-0.1, -0.05) is 30.3 Å². The van der Waals surface area contributed by atoms with Gasteiger partial charge in [-0.15, -0.1) is 0 Å². The highest BCUT2D eigenvalue weighted by molar-refractivity contribution is 9.10. The van der Waals surface area contributed by atoms with Gasteiger partial charge in [0.2, 0.25) is 0 Å². The van der Waals surface area contributed by atoms with E-state index in [1.165, 1.54) is 11.8 Å². The zero-order chi connectivity index (χ0) is 17.4. The number of aryl methyl sites for hydroxylation is 1.